The minimum atomic E-state index is -1.25. The van der Waals surface area contributed by atoms with E-state index in [1.54, 1.807) is 0 Å². The Balaban J connectivity index is 2.90. The van der Waals surface area contributed by atoms with Crippen LogP contribution in [0.2, 0.25) is 0 Å². The summed E-state index contributed by atoms with van der Waals surface area (Å²) >= 11 is 3.22. The van der Waals surface area contributed by atoms with Crippen LogP contribution in [0.15, 0.2) is 16.6 Å². The minimum absolute atomic E-state index is 0.0876. The number of hydrogen-bond acceptors (Lipinski definition) is 5. The van der Waals surface area contributed by atoms with Crippen LogP contribution in [-0.2, 0) is 4.79 Å². The lowest BCUT2D eigenvalue weighted by molar-refractivity contribution is -0.119. The summed E-state index contributed by atoms with van der Waals surface area (Å²) in [6, 6.07) is 2.78. The number of hydrogen-bond donors (Lipinski definition) is 4. The Hall–Kier alpha value is -1.31. The number of ether oxygens (including phenoxy) is 1. The molecule has 0 aromatic heterocycles. The molecule has 1 amide bonds. The first-order valence-corrected chi connectivity index (χ1v) is 6.33. The number of carbonyl (C=O) groups excluding carboxylic acids is 1. The molecule has 0 saturated heterocycles. The van der Waals surface area contributed by atoms with Crippen molar-refractivity contribution < 1.29 is 24.9 Å². The van der Waals surface area contributed by atoms with Gasteiger partial charge in [-0.1, -0.05) is 15.9 Å². The molecule has 0 aliphatic heterocycles. The third kappa shape index (κ3) is 4.09. The van der Waals surface area contributed by atoms with Crippen molar-refractivity contribution in [3.63, 3.8) is 0 Å². The highest BCUT2D eigenvalue weighted by Crippen LogP contribution is 2.36. The number of phenolic OH excluding ortho intramolecular Hbond substituents is 1. The first-order valence-electron chi connectivity index (χ1n) is 5.53. The second-order valence-electron chi connectivity index (χ2n) is 3.99. The highest BCUT2D eigenvalue weighted by Gasteiger charge is 2.22. The van der Waals surface area contributed by atoms with Crippen LogP contribution in [0, 0.1) is 0 Å². The Morgan fingerprint density at radius 2 is 2.11 bits per heavy atom. The van der Waals surface area contributed by atoms with Crippen molar-refractivity contribution in [1.29, 1.82) is 0 Å². The number of aromatic hydroxyl groups is 1. The van der Waals surface area contributed by atoms with E-state index in [2.05, 4.69) is 21.2 Å². The molecule has 1 rings (SSSR count). The quantitative estimate of drug-likeness (QED) is 0.635. The maximum Gasteiger partial charge on any atom is 0.216 e. The minimum Gasteiger partial charge on any atom is -0.504 e. The molecular weight excluding hydrogens is 318 g/mol. The van der Waals surface area contributed by atoms with E-state index in [4.69, 9.17) is 4.74 Å². The topological polar surface area (TPSA) is 99.0 Å². The Bertz CT molecular complexity index is 466. The fraction of sp³-hybridized carbons (Fsp3) is 0.417. The van der Waals surface area contributed by atoms with E-state index in [1.807, 2.05) is 0 Å². The molecule has 0 fully saturated rings. The molecule has 0 saturated carbocycles. The summed E-state index contributed by atoms with van der Waals surface area (Å²) in [5.74, 6) is -0.200. The van der Waals surface area contributed by atoms with E-state index >= 15 is 0 Å². The lowest BCUT2D eigenvalue weighted by Crippen LogP contribution is -2.34. The van der Waals surface area contributed by atoms with Gasteiger partial charge in [-0.15, -0.1) is 0 Å². The number of rotatable bonds is 5. The van der Waals surface area contributed by atoms with Gasteiger partial charge < -0.3 is 25.4 Å². The van der Waals surface area contributed by atoms with E-state index in [0.717, 1.165) is 0 Å². The van der Waals surface area contributed by atoms with Gasteiger partial charge in [-0.05, 0) is 12.1 Å². The summed E-state index contributed by atoms with van der Waals surface area (Å²) < 4.78 is 5.40. The number of phenols is 1. The summed E-state index contributed by atoms with van der Waals surface area (Å²) in [5, 5.41) is 31.8. The third-order valence-electron chi connectivity index (χ3n) is 2.54. The van der Waals surface area contributed by atoms with Crippen molar-refractivity contribution >= 4 is 21.8 Å². The zero-order valence-electron chi connectivity index (χ0n) is 10.6. The molecule has 19 heavy (non-hydrogen) atoms. The molecule has 0 aliphatic rings. The van der Waals surface area contributed by atoms with Gasteiger partial charge in [0.1, 0.15) is 12.2 Å². The summed E-state index contributed by atoms with van der Waals surface area (Å²) in [5.41, 5.74) is 0.302. The van der Waals surface area contributed by atoms with Gasteiger partial charge in [-0.2, -0.15) is 0 Å². The second kappa shape index (κ2) is 6.74. The van der Waals surface area contributed by atoms with Gasteiger partial charge in [0.05, 0.1) is 7.11 Å². The molecule has 1 aromatic rings. The molecule has 0 aliphatic carbocycles. The van der Waals surface area contributed by atoms with E-state index in [9.17, 15) is 20.1 Å². The first kappa shape index (κ1) is 15.7. The zero-order chi connectivity index (χ0) is 14.6. The van der Waals surface area contributed by atoms with Gasteiger partial charge in [-0.3, -0.25) is 4.79 Å². The fourth-order valence-electron chi connectivity index (χ4n) is 1.52. The fourth-order valence-corrected chi connectivity index (χ4v) is 2.07. The van der Waals surface area contributed by atoms with Crippen LogP contribution in [0.5, 0.6) is 11.5 Å². The molecule has 0 heterocycles. The molecular formula is C12H16BrNO5. The number of methoxy groups -OCH3 is 1. The van der Waals surface area contributed by atoms with Crippen LogP contribution in [0.4, 0.5) is 0 Å². The number of benzene rings is 1. The van der Waals surface area contributed by atoms with Gasteiger partial charge >= 0.3 is 0 Å². The smallest absolute Gasteiger partial charge is 0.216 e. The highest BCUT2D eigenvalue weighted by molar-refractivity contribution is 9.10. The Morgan fingerprint density at radius 3 is 2.63 bits per heavy atom. The largest absolute Gasteiger partial charge is 0.504 e. The van der Waals surface area contributed by atoms with Crippen LogP contribution in [0.1, 0.15) is 18.6 Å². The normalized spacial score (nSPS) is 13.7. The van der Waals surface area contributed by atoms with Gasteiger partial charge in [0, 0.05) is 23.5 Å². The van der Waals surface area contributed by atoms with Gasteiger partial charge in [0.2, 0.25) is 5.91 Å². The molecule has 6 nitrogen and oxygen atoms in total. The summed E-state index contributed by atoms with van der Waals surface area (Å²) in [7, 11) is 1.41. The highest BCUT2D eigenvalue weighted by atomic mass is 79.9. The van der Waals surface area contributed by atoms with E-state index in [0.29, 0.717) is 10.0 Å². The number of amides is 1. The monoisotopic (exact) mass is 333 g/mol. The molecule has 2 atom stereocenters. The number of carbonyl (C=O) groups is 1. The maximum atomic E-state index is 10.7. The first-order chi connectivity index (χ1) is 8.86. The van der Waals surface area contributed by atoms with Crippen LogP contribution in [-0.4, -0.2) is 41.0 Å². The van der Waals surface area contributed by atoms with Crippen molar-refractivity contribution in [1.82, 2.24) is 5.32 Å². The van der Waals surface area contributed by atoms with Gasteiger partial charge in [0.25, 0.3) is 0 Å². The number of halogens is 1. The van der Waals surface area contributed by atoms with Crippen LogP contribution >= 0.6 is 15.9 Å². The second-order valence-corrected chi connectivity index (χ2v) is 4.85. The number of nitrogens with one attached hydrogen (secondary N) is 1. The Labute approximate surface area is 119 Å². The molecule has 106 valence electrons. The van der Waals surface area contributed by atoms with Crippen molar-refractivity contribution in [3.8, 4) is 11.5 Å². The molecule has 2 unspecified atom stereocenters. The molecule has 0 radical (unpaired) electrons. The van der Waals surface area contributed by atoms with Crippen LogP contribution in [0.3, 0.4) is 0 Å². The lowest BCUT2D eigenvalue weighted by atomic mass is 10.0. The summed E-state index contributed by atoms with van der Waals surface area (Å²) in [6.07, 6.45) is -2.44. The molecule has 1 aromatic carbocycles. The maximum absolute atomic E-state index is 10.7. The zero-order valence-corrected chi connectivity index (χ0v) is 12.1. The van der Waals surface area contributed by atoms with Crippen LogP contribution < -0.4 is 10.1 Å². The predicted octanol–water partition coefficient (Wildman–Crippen LogP) is 0.694. The number of aliphatic hydroxyl groups excluding tert-OH is 2. The van der Waals surface area contributed by atoms with E-state index in [-0.39, 0.29) is 24.0 Å². The Kier molecular flexibility index (Phi) is 5.59. The van der Waals surface area contributed by atoms with E-state index in [1.165, 1.54) is 26.2 Å². The predicted molar refractivity (Wildman–Crippen MR) is 72.0 cm³/mol. The standard InChI is InChI=1S/C12H16BrNO5/c1-6(15)14-5-10(17)12(18)7-3-9(16)11(19-2)4-8(7)13/h3-4,10,12,16-18H,5H2,1-2H3,(H,14,15). The lowest BCUT2D eigenvalue weighted by Gasteiger charge is -2.20. The number of aliphatic hydroxyl groups is 2. The Morgan fingerprint density at radius 1 is 1.47 bits per heavy atom. The average Bonchev–Trinajstić information content (AvgIpc) is 2.37. The van der Waals surface area contributed by atoms with Crippen molar-refractivity contribution in [2.45, 2.75) is 19.1 Å². The summed E-state index contributed by atoms with van der Waals surface area (Å²) in [4.78, 5) is 10.7. The summed E-state index contributed by atoms with van der Waals surface area (Å²) in [6.45, 7) is 1.23. The molecule has 0 bridgehead atoms. The molecule has 7 heteroatoms. The SMILES string of the molecule is COc1cc(Br)c(C(O)C(O)CNC(C)=O)cc1O. The molecule has 4 N–H and O–H groups in total. The van der Waals surface area contributed by atoms with E-state index < -0.39 is 12.2 Å². The molecule has 0 spiro atoms. The van der Waals surface area contributed by atoms with Crippen molar-refractivity contribution in [2.75, 3.05) is 13.7 Å². The van der Waals surface area contributed by atoms with Gasteiger partial charge in [-0.25, -0.2) is 0 Å². The van der Waals surface area contributed by atoms with Gasteiger partial charge in [0.15, 0.2) is 11.5 Å². The van der Waals surface area contributed by atoms with Crippen molar-refractivity contribution in [3.05, 3.63) is 22.2 Å². The van der Waals surface area contributed by atoms with Crippen LogP contribution in [0.25, 0.3) is 0 Å². The third-order valence-corrected chi connectivity index (χ3v) is 3.23. The average molecular weight is 334 g/mol. The van der Waals surface area contributed by atoms with Crippen molar-refractivity contribution in [2.24, 2.45) is 0 Å².